The summed E-state index contributed by atoms with van der Waals surface area (Å²) in [6.07, 6.45) is 5.32. The van der Waals surface area contributed by atoms with Gasteiger partial charge < -0.3 is 14.6 Å². The molecule has 1 aromatic heterocycles. The van der Waals surface area contributed by atoms with Crippen molar-refractivity contribution < 1.29 is 9.53 Å². The molecule has 5 heteroatoms. The lowest BCUT2D eigenvalue weighted by molar-refractivity contribution is -0.118. The number of hydrogen-bond donors (Lipinski definition) is 1. The summed E-state index contributed by atoms with van der Waals surface area (Å²) in [4.78, 5) is 16.0. The molecule has 24 heavy (non-hydrogen) atoms. The zero-order chi connectivity index (χ0) is 16.9. The third kappa shape index (κ3) is 3.81. The van der Waals surface area contributed by atoms with Crippen LogP contribution >= 0.6 is 0 Å². The van der Waals surface area contributed by atoms with E-state index < -0.39 is 0 Å². The van der Waals surface area contributed by atoms with Crippen molar-refractivity contribution in [1.82, 2.24) is 9.55 Å². The smallest absolute Gasteiger partial charge is 0.262 e. The largest absolute Gasteiger partial charge is 0.484 e. The van der Waals surface area contributed by atoms with E-state index in [4.69, 9.17) is 4.74 Å². The number of amides is 1. The number of carbonyl (C=O) groups excluding carboxylic acids is 1. The highest BCUT2D eigenvalue weighted by Gasteiger charge is 2.05. The lowest BCUT2D eigenvalue weighted by Gasteiger charge is -2.09. The fraction of sp³-hybridized carbons (Fsp3) is 0.158. The second kappa shape index (κ2) is 7.00. The van der Waals surface area contributed by atoms with E-state index in [-0.39, 0.29) is 12.5 Å². The van der Waals surface area contributed by atoms with Crippen molar-refractivity contribution in [3.63, 3.8) is 0 Å². The first-order chi connectivity index (χ1) is 11.6. The Kier molecular flexibility index (Phi) is 4.61. The number of aromatic nitrogens is 2. The highest BCUT2D eigenvalue weighted by atomic mass is 16.5. The molecule has 0 unspecified atom stereocenters. The van der Waals surface area contributed by atoms with Gasteiger partial charge in [-0.15, -0.1) is 0 Å². The van der Waals surface area contributed by atoms with Crippen LogP contribution in [0.3, 0.4) is 0 Å². The number of imidazole rings is 1. The molecule has 0 atom stereocenters. The minimum absolute atomic E-state index is 0.0304. The van der Waals surface area contributed by atoms with Crippen LogP contribution in [-0.2, 0) is 4.79 Å². The number of aryl methyl sites for hydroxylation is 2. The monoisotopic (exact) mass is 321 g/mol. The van der Waals surface area contributed by atoms with Gasteiger partial charge in [0.2, 0.25) is 0 Å². The number of hydrogen-bond acceptors (Lipinski definition) is 3. The van der Waals surface area contributed by atoms with Crippen LogP contribution in [-0.4, -0.2) is 22.1 Å². The van der Waals surface area contributed by atoms with Crippen molar-refractivity contribution in [2.24, 2.45) is 0 Å². The van der Waals surface area contributed by atoms with E-state index >= 15 is 0 Å². The van der Waals surface area contributed by atoms with E-state index in [0.29, 0.717) is 5.75 Å². The summed E-state index contributed by atoms with van der Waals surface area (Å²) in [5.74, 6) is 0.464. The molecular formula is C19H19N3O2. The van der Waals surface area contributed by atoms with Crippen molar-refractivity contribution in [3.05, 3.63) is 72.3 Å². The summed E-state index contributed by atoms with van der Waals surface area (Å²) >= 11 is 0. The van der Waals surface area contributed by atoms with Crippen LogP contribution in [0.5, 0.6) is 5.75 Å². The topological polar surface area (TPSA) is 56.1 Å². The van der Waals surface area contributed by atoms with Gasteiger partial charge in [-0.2, -0.15) is 0 Å². The molecule has 0 saturated carbocycles. The summed E-state index contributed by atoms with van der Waals surface area (Å²) in [5.41, 5.74) is 4.10. The lowest BCUT2D eigenvalue weighted by atomic mass is 10.1. The predicted octanol–water partition coefficient (Wildman–Crippen LogP) is 3.51. The molecule has 0 aliphatic carbocycles. The summed E-state index contributed by atoms with van der Waals surface area (Å²) in [5, 5.41) is 2.84. The molecule has 0 radical (unpaired) electrons. The molecule has 0 bridgehead atoms. The number of anilines is 1. The van der Waals surface area contributed by atoms with Crippen LogP contribution in [0.4, 0.5) is 5.69 Å². The number of nitrogens with zero attached hydrogens (tertiary/aromatic N) is 2. The number of ether oxygens (including phenoxy) is 1. The van der Waals surface area contributed by atoms with Gasteiger partial charge in [0, 0.05) is 23.8 Å². The van der Waals surface area contributed by atoms with Gasteiger partial charge in [-0.3, -0.25) is 4.79 Å². The Hall–Kier alpha value is -3.08. The van der Waals surface area contributed by atoms with Crippen LogP contribution in [0, 0.1) is 13.8 Å². The molecule has 2 aromatic carbocycles. The van der Waals surface area contributed by atoms with Gasteiger partial charge in [-0.25, -0.2) is 4.98 Å². The standard InChI is InChI=1S/C19H19N3O2/c1-14-3-4-16(11-15(14)2)21-19(23)12-24-18-7-5-17(6-8-18)22-10-9-20-13-22/h3-11,13H,12H2,1-2H3,(H,21,23). The summed E-state index contributed by atoms with van der Waals surface area (Å²) in [7, 11) is 0. The quantitative estimate of drug-likeness (QED) is 0.782. The normalized spacial score (nSPS) is 10.4. The maximum atomic E-state index is 12.0. The molecule has 1 N–H and O–H groups in total. The lowest BCUT2D eigenvalue weighted by Crippen LogP contribution is -2.20. The molecule has 0 saturated heterocycles. The average Bonchev–Trinajstić information content (AvgIpc) is 3.11. The molecule has 122 valence electrons. The van der Waals surface area contributed by atoms with Crippen LogP contribution in [0.25, 0.3) is 5.69 Å². The number of nitrogens with one attached hydrogen (secondary N) is 1. The van der Waals surface area contributed by atoms with Crippen LogP contribution in [0.1, 0.15) is 11.1 Å². The Labute approximate surface area is 140 Å². The zero-order valence-electron chi connectivity index (χ0n) is 13.7. The first kappa shape index (κ1) is 15.8. The fourth-order valence-electron chi connectivity index (χ4n) is 2.29. The highest BCUT2D eigenvalue weighted by Crippen LogP contribution is 2.16. The predicted molar refractivity (Wildman–Crippen MR) is 93.6 cm³/mol. The Morgan fingerprint density at radius 2 is 1.92 bits per heavy atom. The first-order valence-corrected chi connectivity index (χ1v) is 7.70. The average molecular weight is 321 g/mol. The van der Waals surface area contributed by atoms with Gasteiger partial charge in [0.25, 0.3) is 5.91 Å². The molecule has 5 nitrogen and oxygen atoms in total. The van der Waals surface area contributed by atoms with E-state index in [2.05, 4.69) is 10.3 Å². The van der Waals surface area contributed by atoms with Gasteiger partial charge in [0.05, 0.1) is 6.33 Å². The van der Waals surface area contributed by atoms with E-state index in [1.54, 1.807) is 12.5 Å². The third-order valence-electron chi connectivity index (χ3n) is 3.80. The van der Waals surface area contributed by atoms with Crippen molar-refractivity contribution in [1.29, 1.82) is 0 Å². The van der Waals surface area contributed by atoms with Crippen molar-refractivity contribution in [2.45, 2.75) is 13.8 Å². The summed E-state index contributed by atoms with van der Waals surface area (Å²) in [6, 6.07) is 13.3. The molecule has 0 aliphatic heterocycles. The number of benzene rings is 2. The molecule has 1 heterocycles. The maximum Gasteiger partial charge on any atom is 0.262 e. The second-order valence-corrected chi connectivity index (χ2v) is 5.60. The van der Waals surface area contributed by atoms with Gasteiger partial charge in [-0.05, 0) is 61.4 Å². The summed E-state index contributed by atoms with van der Waals surface area (Å²) < 4.78 is 7.43. The van der Waals surface area contributed by atoms with Crippen LogP contribution < -0.4 is 10.1 Å². The Morgan fingerprint density at radius 1 is 1.12 bits per heavy atom. The first-order valence-electron chi connectivity index (χ1n) is 7.70. The van der Waals surface area contributed by atoms with Gasteiger partial charge in [0.15, 0.2) is 6.61 Å². The third-order valence-corrected chi connectivity index (χ3v) is 3.80. The molecule has 0 fully saturated rings. The van der Waals surface area contributed by atoms with Crippen LogP contribution in [0.15, 0.2) is 61.2 Å². The zero-order valence-corrected chi connectivity index (χ0v) is 13.7. The van der Waals surface area contributed by atoms with Crippen molar-refractivity contribution in [3.8, 4) is 11.4 Å². The maximum absolute atomic E-state index is 12.0. The molecule has 0 spiro atoms. The molecule has 1 amide bonds. The van der Waals surface area contributed by atoms with E-state index in [0.717, 1.165) is 16.9 Å². The van der Waals surface area contributed by atoms with Crippen molar-refractivity contribution >= 4 is 11.6 Å². The molecule has 3 rings (SSSR count). The SMILES string of the molecule is Cc1ccc(NC(=O)COc2ccc(-n3ccnc3)cc2)cc1C. The fourth-order valence-corrected chi connectivity index (χ4v) is 2.29. The summed E-state index contributed by atoms with van der Waals surface area (Å²) in [6.45, 7) is 4.03. The van der Waals surface area contributed by atoms with Gasteiger partial charge in [-0.1, -0.05) is 6.07 Å². The van der Waals surface area contributed by atoms with E-state index in [1.807, 2.05) is 67.1 Å². The Bertz CT molecular complexity index is 824. The van der Waals surface area contributed by atoms with Crippen molar-refractivity contribution in [2.75, 3.05) is 11.9 Å². The Balaban J connectivity index is 1.55. The van der Waals surface area contributed by atoms with Gasteiger partial charge in [0.1, 0.15) is 5.75 Å². The molecular weight excluding hydrogens is 302 g/mol. The Morgan fingerprint density at radius 3 is 2.58 bits per heavy atom. The van der Waals surface area contributed by atoms with E-state index in [9.17, 15) is 4.79 Å². The molecule has 0 aliphatic rings. The number of carbonyl (C=O) groups is 1. The van der Waals surface area contributed by atoms with E-state index in [1.165, 1.54) is 5.56 Å². The van der Waals surface area contributed by atoms with Crippen LogP contribution in [0.2, 0.25) is 0 Å². The second-order valence-electron chi connectivity index (χ2n) is 5.60. The highest BCUT2D eigenvalue weighted by molar-refractivity contribution is 5.92. The number of rotatable bonds is 5. The minimum atomic E-state index is -0.183. The van der Waals surface area contributed by atoms with Gasteiger partial charge >= 0.3 is 0 Å². The molecule has 3 aromatic rings. The minimum Gasteiger partial charge on any atom is -0.484 e.